The van der Waals surface area contributed by atoms with E-state index in [4.69, 9.17) is 0 Å². The average Bonchev–Trinajstić information content (AvgIpc) is 3.19. The SMILES string of the molecule is O=C1N(c2nncs2)[C@]12Cc1ccc(C(O)c3ccccc3)cc1[C@@H]2c1ccccc1. The van der Waals surface area contributed by atoms with E-state index in [1.165, 1.54) is 11.3 Å². The van der Waals surface area contributed by atoms with Gasteiger partial charge in [-0.25, -0.2) is 0 Å². The standard InChI is InChI=1S/C25H19N3O2S/c29-22(17-9-5-2-6-10-17)18-11-12-19-14-25(23(30)28(25)24-27-26-15-31-24)21(20(19)13-18)16-7-3-1-4-8-16/h1-13,15,21-22,29H,14H2/t21-,22?,25-,28?/m0/s1. The number of fused-ring (bicyclic) bond motifs is 1. The molecule has 0 radical (unpaired) electrons. The number of carbonyl (C=O) groups is 1. The third-order valence-corrected chi connectivity index (χ3v) is 7.12. The summed E-state index contributed by atoms with van der Waals surface area (Å²) in [7, 11) is 0. The van der Waals surface area contributed by atoms with E-state index in [9.17, 15) is 9.90 Å². The Labute approximate surface area is 183 Å². The van der Waals surface area contributed by atoms with Crippen LogP contribution in [0.1, 0.15) is 39.8 Å². The average molecular weight is 426 g/mol. The highest BCUT2D eigenvalue weighted by atomic mass is 32.1. The molecular formula is C25H19N3O2S. The van der Waals surface area contributed by atoms with Crippen LogP contribution in [0, 0.1) is 0 Å². The fourth-order valence-electron chi connectivity index (χ4n) is 4.99. The van der Waals surface area contributed by atoms with Gasteiger partial charge in [-0.2, -0.15) is 0 Å². The summed E-state index contributed by atoms with van der Waals surface area (Å²) in [5, 5.41) is 19.7. The van der Waals surface area contributed by atoms with Crippen LogP contribution < -0.4 is 4.90 Å². The van der Waals surface area contributed by atoms with Crippen molar-refractivity contribution >= 4 is 22.4 Å². The van der Waals surface area contributed by atoms with Crippen molar-refractivity contribution in [2.24, 2.45) is 0 Å². The molecule has 1 spiro atoms. The van der Waals surface area contributed by atoms with Gasteiger partial charge in [0.15, 0.2) is 0 Å². The highest BCUT2D eigenvalue weighted by Crippen LogP contribution is 2.58. The first-order valence-corrected chi connectivity index (χ1v) is 11.1. The van der Waals surface area contributed by atoms with Crippen LogP contribution in [-0.4, -0.2) is 26.7 Å². The summed E-state index contributed by atoms with van der Waals surface area (Å²) in [5.74, 6) is -0.0394. The number of hydrogen-bond acceptors (Lipinski definition) is 5. The van der Waals surface area contributed by atoms with Gasteiger partial charge in [0.05, 0.1) is 0 Å². The van der Waals surface area contributed by atoms with Crippen molar-refractivity contribution in [3.05, 3.63) is 112 Å². The van der Waals surface area contributed by atoms with Crippen LogP contribution in [0.2, 0.25) is 0 Å². The Kier molecular flexibility index (Phi) is 4.06. The molecule has 3 aromatic carbocycles. The van der Waals surface area contributed by atoms with Crippen LogP contribution in [0.3, 0.4) is 0 Å². The first-order valence-electron chi connectivity index (χ1n) is 10.2. The number of aromatic nitrogens is 2. The molecule has 5 nitrogen and oxygen atoms in total. The second-order valence-corrected chi connectivity index (χ2v) is 8.89. The summed E-state index contributed by atoms with van der Waals surface area (Å²) in [4.78, 5) is 15.0. The maximum absolute atomic E-state index is 13.2. The van der Waals surface area contributed by atoms with E-state index in [2.05, 4.69) is 34.5 Å². The molecule has 3 atom stereocenters. The molecule has 1 N–H and O–H groups in total. The third-order valence-electron chi connectivity index (χ3n) is 6.44. The predicted molar refractivity (Wildman–Crippen MR) is 119 cm³/mol. The highest BCUT2D eigenvalue weighted by Gasteiger charge is 2.71. The molecule has 1 unspecified atom stereocenters. The fraction of sp³-hybridized carbons (Fsp3) is 0.160. The number of rotatable bonds is 4. The summed E-state index contributed by atoms with van der Waals surface area (Å²) in [6, 6.07) is 25.9. The Balaban J connectivity index is 1.47. The Morgan fingerprint density at radius 2 is 1.74 bits per heavy atom. The van der Waals surface area contributed by atoms with Crippen LogP contribution in [-0.2, 0) is 11.2 Å². The molecule has 6 heteroatoms. The van der Waals surface area contributed by atoms with Crippen LogP contribution in [0.15, 0.2) is 84.4 Å². The predicted octanol–water partition coefficient (Wildman–Crippen LogP) is 4.09. The smallest absolute Gasteiger partial charge is 0.257 e. The molecule has 2 heterocycles. The first kappa shape index (κ1) is 18.4. The Bertz CT molecular complexity index is 1260. The highest BCUT2D eigenvalue weighted by molar-refractivity contribution is 7.13. The second-order valence-electron chi connectivity index (χ2n) is 8.08. The number of aliphatic hydroxyl groups is 1. The van der Waals surface area contributed by atoms with Gasteiger partial charge < -0.3 is 5.11 Å². The molecule has 1 aromatic heterocycles. The lowest BCUT2D eigenvalue weighted by atomic mass is 9.84. The minimum absolute atomic E-state index is 0.0828. The zero-order chi connectivity index (χ0) is 21.0. The van der Waals surface area contributed by atoms with Crippen LogP contribution in [0.5, 0.6) is 0 Å². The zero-order valence-corrected chi connectivity index (χ0v) is 17.4. The molecule has 1 aliphatic carbocycles. The Morgan fingerprint density at radius 3 is 2.45 bits per heavy atom. The number of benzene rings is 3. The van der Waals surface area contributed by atoms with Crippen molar-refractivity contribution in [2.75, 3.05) is 4.90 Å². The van der Waals surface area contributed by atoms with Gasteiger partial charge in [0.1, 0.15) is 17.2 Å². The molecule has 2 aliphatic rings. The van der Waals surface area contributed by atoms with Crippen molar-refractivity contribution in [1.82, 2.24) is 10.2 Å². The van der Waals surface area contributed by atoms with Gasteiger partial charge in [0.2, 0.25) is 5.13 Å². The molecule has 31 heavy (non-hydrogen) atoms. The zero-order valence-electron chi connectivity index (χ0n) is 16.6. The van der Waals surface area contributed by atoms with E-state index in [1.807, 2.05) is 54.6 Å². The van der Waals surface area contributed by atoms with Crippen LogP contribution in [0.4, 0.5) is 5.13 Å². The monoisotopic (exact) mass is 425 g/mol. The number of amides is 1. The quantitative estimate of drug-likeness (QED) is 0.500. The number of anilines is 1. The van der Waals surface area contributed by atoms with Gasteiger partial charge in [-0.05, 0) is 27.8 Å². The van der Waals surface area contributed by atoms with Crippen molar-refractivity contribution in [1.29, 1.82) is 0 Å². The van der Waals surface area contributed by atoms with E-state index in [0.717, 1.165) is 27.8 Å². The van der Waals surface area contributed by atoms with Gasteiger partial charge in [0, 0.05) is 12.3 Å². The van der Waals surface area contributed by atoms with E-state index >= 15 is 0 Å². The van der Waals surface area contributed by atoms with Crippen molar-refractivity contribution in [3.8, 4) is 0 Å². The minimum Gasteiger partial charge on any atom is -0.384 e. The van der Waals surface area contributed by atoms with E-state index < -0.39 is 11.6 Å². The molecular weight excluding hydrogens is 406 g/mol. The van der Waals surface area contributed by atoms with E-state index in [1.54, 1.807) is 10.4 Å². The topological polar surface area (TPSA) is 66.1 Å². The normalized spacial score (nSPS) is 22.5. The summed E-state index contributed by atoms with van der Waals surface area (Å²) in [5.41, 5.74) is 6.00. The van der Waals surface area contributed by atoms with Gasteiger partial charge in [0.25, 0.3) is 5.91 Å². The molecule has 152 valence electrons. The first-order chi connectivity index (χ1) is 15.2. The van der Waals surface area contributed by atoms with Crippen LogP contribution >= 0.6 is 11.3 Å². The van der Waals surface area contributed by atoms with Gasteiger partial charge >= 0.3 is 0 Å². The summed E-state index contributed by atoms with van der Waals surface area (Å²) in [6.07, 6.45) is -0.0872. The number of aliphatic hydroxyl groups excluding tert-OH is 1. The maximum Gasteiger partial charge on any atom is 0.257 e. The lowest BCUT2D eigenvalue weighted by Crippen LogP contribution is -2.25. The van der Waals surface area contributed by atoms with Gasteiger partial charge in [-0.1, -0.05) is 90.2 Å². The third kappa shape index (κ3) is 2.69. The molecule has 0 saturated carbocycles. The Morgan fingerprint density at radius 1 is 1.00 bits per heavy atom. The van der Waals surface area contributed by atoms with Gasteiger partial charge in [-0.3, -0.25) is 9.69 Å². The molecule has 1 aliphatic heterocycles. The molecule has 0 bridgehead atoms. The number of nitrogens with zero attached hydrogens (tertiary/aromatic N) is 3. The summed E-state index contributed by atoms with van der Waals surface area (Å²) in [6.45, 7) is 0. The van der Waals surface area contributed by atoms with Crippen LogP contribution in [0.25, 0.3) is 0 Å². The molecule has 1 fully saturated rings. The molecule has 1 amide bonds. The lowest BCUT2D eigenvalue weighted by molar-refractivity contribution is -0.111. The lowest BCUT2D eigenvalue weighted by Gasteiger charge is -2.20. The fourth-order valence-corrected chi connectivity index (χ4v) is 5.63. The molecule has 6 rings (SSSR count). The minimum atomic E-state index is -0.714. The van der Waals surface area contributed by atoms with Crippen molar-refractivity contribution in [2.45, 2.75) is 24.0 Å². The van der Waals surface area contributed by atoms with E-state index in [0.29, 0.717) is 11.6 Å². The number of hydrogen-bond donors (Lipinski definition) is 1. The van der Waals surface area contributed by atoms with Gasteiger partial charge in [-0.15, -0.1) is 10.2 Å². The van der Waals surface area contributed by atoms with E-state index in [-0.39, 0.29) is 11.8 Å². The van der Waals surface area contributed by atoms with Crippen molar-refractivity contribution in [3.63, 3.8) is 0 Å². The number of carbonyl (C=O) groups excluding carboxylic acids is 1. The van der Waals surface area contributed by atoms with Crippen molar-refractivity contribution < 1.29 is 9.90 Å². The maximum atomic E-state index is 13.2. The molecule has 1 saturated heterocycles. The Hall–Kier alpha value is -3.35. The second kappa shape index (κ2) is 6.83. The molecule has 4 aromatic rings. The summed E-state index contributed by atoms with van der Waals surface area (Å²) >= 11 is 1.38. The summed E-state index contributed by atoms with van der Waals surface area (Å²) < 4.78 is 0. The largest absolute Gasteiger partial charge is 0.384 e.